The Hall–Kier alpha value is -0.930. The molecule has 1 rings (SSSR count). The van der Waals surface area contributed by atoms with E-state index in [0.29, 0.717) is 0 Å². The molecular weight excluding hydrogens is 218 g/mol. The topological polar surface area (TPSA) is 144 Å². The Bertz CT molecular complexity index is 256. The molecule has 0 aromatic carbocycles. The second-order valence-corrected chi connectivity index (χ2v) is 3.52. The lowest BCUT2D eigenvalue weighted by atomic mass is 9.99. The third kappa shape index (κ3) is 2.80. The minimum absolute atomic E-state index is 0.0207. The molecule has 0 spiro atoms. The molecule has 1 heterocycles. The van der Waals surface area contributed by atoms with Gasteiger partial charge in [-0.15, -0.1) is 0 Å². The maximum atomic E-state index is 9.59. The van der Waals surface area contributed by atoms with Gasteiger partial charge in [0.15, 0.2) is 12.2 Å². The number of aliphatic imine (C=N–C) groups is 1. The highest BCUT2D eigenvalue weighted by Crippen LogP contribution is 2.21. The molecule has 2 unspecified atom stereocenters. The summed E-state index contributed by atoms with van der Waals surface area (Å²) >= 11 is 0. The maximum absolute atomic E-state index is 9.59. The number of ether oxygens (including phenoxy) is 2. The molecule has 0 saturated carbocycles. The Kier molecular flexibility index (Phi) is 4.44. The molecular formula is C8H17N3O5. The van der Waals surface area contributed by atoms with Gasteiger partial charge in [-0.05, 0) is 0 Å². The molecule has 16 heavy (non-hydrogen) atoms. The van der Waals surface area contributed by atoms with Crippen molar-refractivity contribution < 1.29 is 24.8 Å². The van der Waals surface area contributed by atoms with Crippen molar-refractivity contribution in [1.29, 1.82) is 0 Å². The fourth-order valence-electron chi connectivity index (χ4n) is 1.46. The fraction of sp³-hybridized carbons (Fsp3) is 0.875. The summed E-state index contributed by atoms with van der Waals surface area (Å²) < 4.78 is 9.99. The van der Waals surface area contributed by atoms with Gasteiger partial charge in [0.05, 0.1) is 6.54 Å². The van der Waals surface area contributed by atoms with Gasteiger partial charge in [0.2, 0.25) is 0 Å². The van der Waals surface area contributed by atoms with Crippen molar-refractivity contribution in [3.63, 3.8) is 0 Å². The normalized spacial score (nSPS) is 39.4. The lowest BCUT2D eigenvalue weighted by Crippen LogP contribution is -2.58. The number of hydrogen-bond donors (Lipinski definition) is 5. The summed E-state index contributed by atoms with van der Waals surface area (Å²) in [5.74, 6) is -0.148. The van der Waals surface area contributed by atoms with E-state index in [9.17, 15) is 15.3 Å². The van der Waals surface area contributed by atoms with E-state index < -0.39 is 30.7 Å². The maximum Gasteiger partial charge on any atom is 0.186 e. The lowest BCUT2D eigenvalue weighted by molar-refractivity contribution is -0.287. The largest absolute Gasteiger partial charge is 0.388 e. The van der Waals surface area contributed by atoms with Crippen LogP contribution in [0.5, 0.6) is 0 Å². The van der Waals surface area contributed by atoms with E-state index in [1.807, 2.05) is 0 Å². The van der Waals surface area contributed by atoms with Crippen LogP contribution in [0.1, 0.15) is 0 Å². The number of aliphatic hydroxyl groups excluding tert-OH is 3. The molecule has 0 aliphatic carbocycles. The zero-order valence-corrected chi connectivity index (χ0v) is 8.85. The number of methoxy groups -OCH3 is 1. The van der Waals surface area contributed by atoms with E-state index in [2.05, 4.69) is 4.99 Å². The zero-order valence-electron chi connectivity index (χ0n) is 8.85. The van der Waals surface area contributed by atoms with Crippen molar-refractivity contribution in [2.75, 3.05) is 13.7 Å². The van der Waals surface area contributed by atoms with Gasteiger partial charge in [-0.2, -0.15) is 0 Å². The molecule has 94 valence electrons. The van der Waals surface area contributed by atoms with Gasteiger partial charge in [-0.25, -0.2) is 0 Å². The molecule has 0 bridgehead atoms. The number of aliphatic hydroxyl groups is 3. The second kappa shape index (κ2) is 5.41. The first-order valence-corrected chi connectivity index (χ1v) is 4.75. The molecule has 8 nitrogen and oxygen atoms in total. The third-order valence-electron chi connectivity index (χ3n) is 2.35. The van der Waals surface area contributed by atoms with Crippen LogP contribution < -0.4 is 11.5 Å². The van der Waals surface area contributed by atoms with Gasteiger partial charge in [-0.1, -0.05) is 0 Å². The Morgan fingerprint density at radius 2 is 1.88 bits per heavy atom. The quantitative estimate of drug-likeness (QED) is 0.255. The van der Waals surface area contributed by atoms with Gasteiger partial charge < -0.3 is 36.3 Å². The minimum Gasteiger partial charge on any atom is -0.388 e. The Balaban J connectivity index is 2.67. The van der Waals surface area contributed by atoms with Crippen LogP contribution in [-0.4, -0.2) is 65.6 Å². The van der Waals surface area contributed by atoms with E-state index >= 15 is 0 Å². The molecule has 1 aliphatic rings. The summed E-state index contributed by atoms with van der Waals surface area (Å²) in [5.41, 5.74) is 10.3. The smallest absolute Gasteiger partial charge is 0.186 e. The summed E-state index contributed by atoms with van der Waals surface area (Å²) in [4.78, 5) is 3.67. The molecule has 7 N–H and O–H groups in total. The van der Waals surface area contributed by atoms with Crippen molar-refractivity contribution >= 4 is 5.96 Å². The van der Waals surface area contributed by atoms with Gasteiger partial charge in [0, 0.05) is 7.11 Å². The van der Waals surface area contributed by atoms with Crippen molar-refractivity contribution in [3.05, 3.63) is 0 Å². The SMILES string of the molecule is CO[C@@H]1OC(CN=C(N)N)C(O)[C@H](O)[C@@H]1O. The first kappa shape index (κ1) is 13.1. The van der Waals surface area contributed by atoms with Crippen LogP contribution in [0, 0.1) is 0 Å². The first-order valence-electron chi connectivity index (χ1n) is 4.75. The van der Waals surface area contributed by atoms with Gasteiger partial charge in [-0.3, -0.25) is 4.99 Å². The van der Waals surface area contributed by atoms with Gasteiger partial charge >= 0.3 is 0 Å². The number of guanidine groups is 1. The lowest BCUT2D eigenvalue weighted by Gasteiger charge is -2.39. The average Bonchev–Trinajstić information content (AvgIpc) is 2.25. The summed E-state index contributed by atoms with van der Waals surface area (Å²) in [6.07, 6.45) is -5.79. The predicted octanol–water partition coefficient (Wildman–Crippen LogP) is -3.29. The number of nitrogens with two attached hydrogens (primary N) is 2. The number of hydrogen-bond acceptors (Lipinski definition) is 6. The Morgan fingerprint density at radius 3 is 2.38 bits per heavy atom. The Labute approximate surface area is 92.5 Å². The van der Waals surface area contributed by atoms with Crippen LogP contribution in [0.25, 0.3) is 0 Å². The molecule has 1 fully saturated rings. The summed E-state index contributed by atoms with van der Waals surface area (Å²) in [5, 5.41) is 28.6. The molecule has 5 atom stereocenters. The van der Waals surface area contributed by atoms with Crippen LogP contribution in [0.4, 0.5) is 0 Å². The van der Waals surface area contributed by atoms with Crippen molar-refractivity contribution in [2.24, 2.45) is 16.5 Å². The summed E-state index contributed by atoms with van der Waals surface area (Å²) in [7, 11) is 1.32. The minimum atomic E-state index is -1.36. The number of rotatable bonds is 3. The van der Waals surface area contributed by atoms with Gasteiger partial charge in [0.1, 0.15) is 24.4 Å². The van der Waals surface area contributed by atoms with Crippen LogP contribution in [0.3, 0.4) is 0 Å². The van der Waals surface area contributed by atoms with Crippen molar-refractivity contribution in [1.82, 2.24) is 0 Å². The molecule has 1 saturated heterocycles. The summed E-state index contributed by atoms with van der Waals surface area (Å²) in [6, 6.07) is 0. The van der Waals surface area contributed by atoms with Crippen LogP contribution in [-0.2, 0) is 9.47 Å². The average molecular weight is 235 g/mol. The van der Waals surface area contributed by atoms with E-state index in [4.69, 9.17) is 20.9 Å². The molecule has 0 aromatic rings. The first-order chi connectivity index (χ1) is 7.47. The monoisotopic (exact) mass is 235 g/mol. The van der Waals surface area contributed by atoms with E-state index in [0.717, 1.165) is 0 Å². The molecule has 0 radical (unpaired) electrons. The zero-order chi connectivity index (χ0) is 12.3. The molecule has 0 aromatic heterocycles. The van der Waals surface area contributed by atoms with E-state index in [1.54, 1.807) is 0 Å². The van der Waals surface area contributed by atoms with E-state index in [-0.39, 0.29) is 12.5 Å². The van der Waals surface area contributed by atoms with E-state index in [1.165, 1.54) is 7.11 Å². The van der Waals surface area contributed by atoms with Crippen LogP contribution in [0.15, 0.2) is 4.99 Å². The van der Waals surface area contributed by atoms with Crippen LogP contribution >= 0.6 is 0 Å². The standard InChI is InChI=1S/C8H17N3O5/c1-15-7-6(14)5(13)4(12)3(16-7)2-11-8(9)10/h3-7,12-14H,2H2,1H3,(H4,9,10,11)/t3?,4?,5-,6-,7+/m0/s1. The fourth-order valence-corrected chi connectivity index (χ4v) is 1.46. The summed E-state index contributed by atoms with van der Waals surface area (Å²) in [6.45, 7) is -0.0207. The highest BCUT2D eigenvalue weighted by molar-refractivity contribution is 5.75. The van der Waals surface area contributed by atoms with Gasteiger partial charge in [0.25, 0.3) is 0 Å². The highest BCUT2D eigenvalue weighted by atomic mass is 16.7. The highest BCUT2D eigenvalue weighted by Gasteiger charge is 2.43. The van der Waals surface area contributed by atoms with Crippen LogP contribution in [0.2, 0.25) is 0 Å². The van der Waals surface area contributed by atoms with Crippen molar-refractivity contribution in [3.8, 4) is 0 Å². The number of nitrogens with zero attached hydrogens (tertiary/aromatic N) is 1. The molecule has 8 heteroatoms. The predicted molar refractivity (Wildman–Crippen MR) is 54.4 cm³/mol. The Morgan fingerprint density at radius 1 is 1.25 bits per heavy atom. The molecule has 1 aliphatic heterocycles. The molecule has 0 amide bonds. The van der Waals surface area contributed by atoms with Crippen molar-refractivity contribution in [2.45, 2.75) is 30.7 Å². The third-order valence-corrected chi connectivity index (χ3v) is 2.35. The second-order valence-electron chi connectivity index (χ2n) is 3.52.